The standard InChI is InChI=1S/C48H54O12/c1-17-21-13-26(21)46(5)33(17)18(2)31(37(50)40(46)53)25(43(56)59-8)12-22-24-15-27(24)45(4)29(22)16-30(36(49)39(45)52)48(44(57)60-9)11-10-20-23-14-28(23)47(6)34(20)35(48)32(38(51)41(47)54)19(3)42(55)58-7/h16,21,23-28,35,39-41,52-54H,10-15H2,1-9H3. The molecule has 0 aromatic rings. The number of ketones is 3. The minimum Gasteiger partial charge on any atom is -0.469 e. The monoisotopic (exact) mass is 822 g/mol. The molecule has 0 saturated heterocycles. The first kappa shape index (κ1) is 39.9. The number of hydrogen-bond donors (Lipinski definition) is 3. The van der Waals surface area contributed by atoms with Gasteiger partial charge in [-0.2, -0.15) is 0 Å². The molecule has 15 unspecified atom stereocenters. The van der Waals surface area contributed by atoms with Gasteiger partial charge in [0.1, 0.15) is 23.7 Å². The Labute approximate surface area is 348 Å². The van der Waals surface area contributed by atoms with Crippen molar-refractivity contribution in [2.24, 2.45) is 69.0 Å². The molecule has 60 heavy (non-hydrogen) atoms. The third kappa shape index (κ3) is 4.33. The van der Waals surface area contributed by atoms with Crippen LogP contribution in [0.4, 0.5) is 0 Å². The van der Waals surface area contributed by atoms with Crippen LogP contribution in [0.2, 0.25) is 0 Å². The van der Waals surface area contributed by atoms with Crippen LogP contribution in [0.1, 0.15) is 80.1 Å². The Morgan fingerprint density at radius 2 is 1.38 bits per heavy atom. The second-order valence-electron chi connectivity index (χ2n) is 20.2. The molecule has 10 rings (SSSR count). The molecular weight excluding hydrogens is 769 g/mol. The molecule has 0 spiro atoms. The van der Waals surface area contributed by atoms with E-state index in [0.717, 1.165) is 35.1 Å². The molecule has 15 atom stereocenters. The first-order valence-electron chi connectivity index (χ1n) is 21.5. The fourth-order valence-corrected chi connectivity index (χ4v) is 15.1. The van der Waals surface area contributed by atoms with Gasteiger partial charge in [0.15, 0.2) is 17.3 Å². The van der Waals surface area contributed by atoms with E-state index in [4.69, 9.17) is 14.2 Å². The van der Waals surface area contributed by atoms with Crippen LogP contribution in [0.5, 0.6) is 0 Å². The van der Waals surface area contributed by atoms with Gasteiger partial charge in [0.2, 0.25) is 0 Å². The maximum absolute atomic E-state index is 15.1. The number of aliphatic hydroxyl groups excluding tert-OH is 3. The van der Waals surface area contributed by atoms with E-state index in [1.165, 1.54) is 28.3 Å². The summed E-state index contributed by atoms with van der Waals surface area (Å²) in [4.78, 5) is 86.2. The Hall–Kier alpha value is -4.26. The minimum absolute atomic E-state index is 0.0210. The van der Waals surface area contributed by atoms with Gasteiger partial charge in [-0.1, -0.05) is 49.1 Å². The van der Waals surface area contributed by atoms with E-state index in [1.807, 2.05) is 34.6 Å². The van der Waals surface area contributed by atoms with Crippen molar-refractivity contribution in [2.75, 3.05) is 21.3 Å². The summed E-state index contributed by atoms with van der Waals surface area (Å²) in [7, 11) is 3.66. The summed E-state index contributed by atoms with van der Waals surface area (Å²) in [6.45, 7) is 10.9. The summed E-state index contributed by atoms with van der Waals surface area (Å²) in [5.74, 6) is -6.27. The van der Waals surface area contributed by atoms with Crippen molar-refractivity contribution in [3.63, 3.8) is 0 Å². The zero-order chi connectivity index (χ0) is 43.2. The number of aliphatic hydroxyl groups is 3. The second kappa shape index (κ2) is 12.2. The quantitative estimate of drug-likeness (QED) is 0.144. The van der Waals surface area contributed by atoms with Crippen molar-refractivity contribution in [2.45, 2.75) is 98.4 Å². The highest BCUT2D eigenvalue weighted by Crippen LogP contribution is 2.77. The number of Topliss-reactive ketones (excluding diaryl/α,β-unsaturated/α-hetero) is 3. The lowest BCUT2D eigenvalue weighted by Crippen LogP contribution is -2.59. The van der Waals surface area contributed by atoms with E-state index in [1.54, 1.807) is 6.08 Å². The number of fused-ring (bicyclic) bond motifs is 9. The number of esters is 3. The molecule has 12 heteroatoms. The molecule has 318 valence electrons. The van der Waals surface area contributed by atoms with Crippen molar-refractivity contribution in [3.05, 3.63) is 67.4 Å². The molecule has 0 radical (unpaired) electrons. The van der Waals surface area contributed by atoms with E-state index in [9.17, 15) is 39.3 Å². The zero-order valence-electron chi connectivity index (χ0n) is 35.7. The maximum Gasteiger partial charge on any atom is 0.333 e. The molecule has 10 aliphatic carbocycles. The zero-order valence-corrected chi connectivity index (χ0v) is 35.7. The smallest absolute Gasteiger partial charge is 0.333 e. The molecular formula is C48H54O12. The number of carbonyl (C=O) groups excluding carboxylic acids is 6. The highest BCUT2D eigenvalue weighted by atomic mass is 16.5. The Balaban J connectivity index is 1.18. The van der Waals surface area contributed by atoms with Crippen molar-refractivity contribution >= 4 is 35.3 Å². The van der Waals surface area contributed by atoms with Gasteiger partial charge in [0.05, 0.1) is 27.2 Å². The lowest BCUT2D eigenvalue weighted by Gasteiger charge is -2.54. The molecule has 4 saturated carbocycles. The van der Waals surface area contributed by atoms with Crippen molar-refractivity contribution in [1.29, 1.82) is 0 Å². The van der Waals surface area contributed by atoms with Crippen LogP contribution in [0.15, 0.2) is 67.4 Å². The van der Waals surface area contributed by atoms with E-state index < -0.39 is 87.1 Å². The summed E-state index contributed by atoms with van der Waals surface area (Å²) in [5, 5.41) is 36.0. The minimum atomic E-state index is -1.89. The number of carbonyl (C=O) groups is 6. The fourth-order valence-electron chi connectivity index (χ4n) is 15.1. The predicted molar refractivity (Wildman–Crippen MR) is 212 cm³/mol. The van der Waals surface area contributed by atoms with Gasteiger partial charge >= 0.3 is 17.9 Å². The normalized spacial score (nSPS) is 45.3. The molecule has 4 fully saturated rings. The summed E-state index contributed by atoms with van der Waals surface area (Å²) in [5.41, 5.74) is 0.949. The number of hydrogen-bond acceptors (Lipinski definition) is 12. The first-order valence-corrected chi connectivity index (χ1v) is 21.5. The fraction of sp³-hybridized carbons (Fsp3) is 0.625. The van der Waals surface area contributed by atoms with Crippen LogP contribution in [-0.4, -0.2) is 90.2 Å². The lowest BCUT2D eigenvalue weighted by molar-refractivity contribution is -0.157. The number of methoxy groups -OCH3 is 3. The third-order valence-electron chi connectivity index (χ3n) is 18.3. The molecule has 0 aliphatic heterocycles. The molecule has 0 amide bonds. The average molecular weight is 823 g/mol. The second-order valence-corrected chi connectivity index (χ2v) is 20.2. The highest BCUT2D eigenvalue weighted by molar-refractivity contribution is 6.13. The van der Waals surface area contributed by atoms with Crippen LogP contribution < -0.4 is 0 Å². The number of rotatable bonds is 7. The molecule has 0 bridgehead atoms. The Bertz CT molecular complexity index is 2400. The van der Waals surface area contributed by atoms with Crippen LogP contribution in [-0.2, 0) is 43.0 Å². The van der Waals surface area contributed by atoms with Crippen molar-refractivity contribution in [3.8, 4) is 0 Å². The van der Waals surface area contributed by atoms with Crippen LogP contribution >= 0.6 is 0 Å². The Morgan fingerprint density at radius 3 is 2.03 bits per heavy atom. The van der Waals surface area contributed by atoms with Crippen LogP contribution in [0.3, 0.4) is 0 Å². The SMILES string of the molecule is COC(=O)C(C)=C1C(=O)C(O)C2(C)C3=C(CCC(C(=O)OC)(C4=CC5=C(CC(C(=O)OC)C6=C(C)C7=C(C)C8CC8C7(C)C(O)C6=O)C6CC6C5(C)C(O)C4=O)C13)C1CC12. The molecule has 12 nitrogen and oxygen atoms in total. The van der Waals surface area contributed by atoms with Crippen molar-refractivity contribution < 1.29 is 58.3 Å². The molecule has 10 aliphatic rings. The van der Waals surface area contributed by atoms with Gasteiger partial charge in [-0.05, 0) is 112 Å². The molecule has 3 N–H and O–H groups in total. The summed E-state index contributed by atoms with van der Waals surface area (Å²) >= 11 is 0. The van der Waals surface area contributed by atoms with Gasteiger partial charge in [-0.3, -0.25) is 24.0 Å². The van der Waals surface area contributed by atoms with Gasteiger partial charge in [-0.15, -0.1) is 0 Å². The van der Waals surface area contributed by atoms with Gasteiger partial charge in [-0.25, -0.2) is 4.79 Å². The number of allylic oxidation sites excluding steroid dienone is 5. The van der Waals surface area contributed by atoms with E-state index in [2.05, 4.69) is 0 Å². The summed E-state index contributed by atoms with van der Waals surface area (Å²) < 4.78 is 16.1. The summed E-state index contributed by atoms with van der Waals surface area (Å²) in [6, 6.07) is 0. The third-order valence-corrected chi connectivity index (χ3v) is 18.3. The number of ether oxygens (including phenoxy) is 3. The average Bonchev–Trinajstić information content (AvgIpc) is 4.14. The van der Waals surface area contributed by atoms with Crippen LogP contribution in [0.25, 0.3) is 0 Å². The molecule has 0 heterocycles. The Morgan fingerprint density at radius 1 is 0.783 bits per heavy atom. The largest absolute Gasteiger partial charge is 0.469 e. The highest BCUT2D eigenvalue weighted by Gasteiger charge is 2.75. The van der Waals surface area contributed by atoms with E-state index in [0.29, 0.717) is 29.6 Å². The van der Waals surface area contributed by atoms with E-state index >= 15 is 4.79 Å². The van der Waals surface area contributed by atoms with Crippen LogP contribution in [0, 0.1) is 69.0 Å². The topological polar surface area (TPSA) is 191 Å². The summed E-state index contributed by atoms with van der Waals surface area (Å²) in [6.07, 6.45) is -0.0213. The van der Waals surface area contributed by atoms with Gasteiger partial charge in [0, 0.05) is 44.5 Å². The van der Waals surface area contributed by atoms with E-state index in [-0.39, 0.29) is 70.6 Å². The predicted octanol–water partition coefficient (Wildman–Crippen LogP) is 4.18. The molecule has 0 aromatic carbocycles. The first-order chi connectivity index (χ1) is 28.2. The van der Waals surface area contributed by atoms with Gasteiger partial charge in [0.25, 0.3) is 0 Å². The maximum atomic E-state index is 15.1. The van der Waals surface area contributed by atoms with Gasteiger partial charge < -0.3 is 29.5 Å². The Kier molecular flexibility index (Phi) is 8.12. The molecule has 0 aromatic heterocycles. The lowest BCUT2D eigenvalue weighted by atomic mass is 9.47. The van der Waals surface area contributed by atoms with Crippen molar-refractivity contribution in [1.82, 2.24) is 0 Å².